The Hall–Kier alpha value is -4.81. The van der Waals surface area contributed by atoms with E-state index in [2.05, 4.69) is 62.4 Å². The Morgan fingerprint density at radius 3 is 1.12 bits per heavy atom. The van der Waals surface area contributed by atoms with Gasteiger partial charge in [-0.25, -0.2) is 19.6 Å². The van der Waals surface area contributed by atoms with E-state index in [0.29, 0.717) is 12.8 Å². The number of aliphatic carboxylic acids is 2. The van der Waals surface area contributed by atoms with E-state index in [4.69, 9.17) is 30.4 Å². The number of aryl methyl sites for hydroxylation is 4. The fourth-order valence-corrected chi connectivity index (χ4v) is 5.49. The Kier molecular flexibility index (Phi) is 16.8. The SMILES string of the molecule is Cc1ccc(-c2nc3ccc(C)cn3c2CC(=O)N(C)C)cc1.Cc1ccc(-c2nc3ccc(C)cn3c2CC(=O)N(C)C)cc1.O=C(O)C(O)C(O)C(=O)O.[BaH2]. The number of hydrogen-bond donors (Lipinski definition) is 4. The van der Waals surface area contributed by atoms with Crippen molar-refractivity contribution in [2.45, 2.75) is 52.7 Å². The fraction of sp³-hybridized carbons (Fsp3) is 0.286. The number of carbonyl (C=O) groups is 4. The first-order valence-electron chi connectivity index (χ1n) is 17.7. The molecule has 0 saturated heterocycles. The van der Waals surface area contributed by atoms with Crippen LogP contribution in [0.5, 0.6) is 0 Å². The molecule has 14 nitrogen and oxygen atoms in total. The first-order valence-corrected chi connectivity index (χ1v) is 17.7. The predicted octanol–water partition coefficient (Wildman–Crippen LogP) is 3.46. The van der Waals surface area contributed by atoms with Gasteiger partial charge in [0.15, 0.2) is 12.2 Å². The van der Waals surface area contributed by atoms with Crippen molar-refractivity contribution in [1.29, 1.82) is 0 Å². The number of likely N-dealkylation sites (N-methyl/N-ethyl adjacent to an activating group) is 2. The zero-order valence-electron chi connectivity index (χ0n) is 32.8. The molecule has 0 fully saturated rings. The van der Waals surface area contributed by atoms with Gasteiger partial charge in [0.05, 0.1) is 35.6 Å². The van der Waals surface area contributed by atoms with E-state index in [-0.39, 0.29) is 60.7 Å². The molecule has 6 rings (SSSR count). The van der Waals surface area contributed by atoms with Crippen LogP contribution in [-0.4, -0.2) is 162 Å². The molecule has 4 heterocycles. The number of aliphatic hydroxyl groups excluding tert-OH is 2. The van der Waals surface area contributed by atoms with Crippen molar-refractivity contribution >= 4 is 83.9 Å². The number of aromatic nitrogens is 4. The Bertz CT molecular complexity index is 2190. The summed E-state index contributed by atoms with van der Waals surface area (Å²) < 4.78 is 4.07. The summed E-state index contributed by atoms with van der Waals surface area (Å²) in [6.07, 6.45) is 0.216. The maximum absolute atomic E-state index is 12.3. The minimum absolute atomic E-state index is 0. The molecule has 0 spiro atoms. The van der Waals surface area contributed by atoms with Gasteiger partial charge in [0.2, 0.25) is 11.8 Å². The molecule has 2 atom stereocenters. The van der Waals surface area contributed by atoms with E-state index in [0.717, 1.165) is 56.3 Å². The molecule has 0 aliphatic carbocycles. The normalized spacial score (nSPS) is 11.6. The van der Waals surface area contributed by atoms with Crippen molar-refractivity contribution in [3.63, 3.8) is 0 Å². The number of carbonyl (C=O) groups excluding carboxylic acids is 2. The summed E-state index contributed by atoms with van der Waals surface area (Å²) in [6.45, 7) is 8.21. The van der Waals surface area contributed by atoms with E-state index in [1.807, 2.05) is 59.3 Å². The number of benzene rings is 2. The molecule has 2 amide bonds. The molecule has 15 heteroatoms. The minimum atomic E-state index is -2.27. The first kappa shape index (κ1) is 46.6. The van der Waals surface area contributed by atoms with Crippen molar-refractivity contribution in [2.75, 3.05) is 28.2 Å². The number of nitrogens with zero attached hydrogens (tertiary/aromatic N) is 6. The summed E-state index contributed by atoms with van der Waals surface area (Å²) >= 11 is 0. The number of carboxylic acid groups (broad SMARTS) is 2. The van der Waals surface area contributed by atoms with Gasteiger partial charge in [-0.1, -0.05) is 71.8 Å². The summed E-state index contributed by atoms with van der Waals surface area (Å²) in [6, 6.07) is 24.6. The van der Waals surface area contributed by atoms with Gasteiger partial charge in [-0.05, 0) is 51.0 Å². The van der Waals surface area contributed by atoms with Crippen molar-refractivity contribution in [1.82, 2.24) is 28.6 Å². The van der Waals surface area contributed by atoms with Crippen LogP contribution in [0.15, 0.2) is 85.2 Å². The van der Waals surface area contributed by atoms with Crippen LogP contribution in [0.1, 0.15) is 33.6 Å². The van der Waals surface area contributed by atoms with E-state index in [1.54, 1.807) is 38.0 Å². The molecule has 4 N–H and O–H groups in total. The Morgan fingerprint density at radius 2 is 0.842 bits per heavy atom. The molecule has 2 unspecified atom stereocenters. The third-order valence-corrected chi connectivity index (χ3v) is 8.82. The van der Waals surface area contributed by atoms with Crippen LogP contribution in [0.25, 0.3) is 33.8 Å². The number of fused-ring (bicyclic) bond motifs is 2. The predicted molar refractivity (Wildman–Crippen MR) is 221 cm³/mol. The monoisotopic (exact) mass is 904 g/mol. The van der Waals surface area contributed by atoms with Gasteiger partial charge >= 0.3 is 60.8 Å². The Labute approximate surface area is 371 Å². The van der Waals surface area contributed by atoms with E-state index >= 15 is 0 Å². The Morgan fingerprint density at radius 1 is 0.544 bits per heavy atom. The average molecular weight is 904 g/mol. The topological polar surface area (TPSA) is 190 Å². The molecule has 0 bridgehead atoms. The van der Waals surface area contributed by atoms with Crippen LogP contribution < -0.4 is 0 Å². The van der Waals surface area contributed by atoms with Gasteiger partial charge in [-0.3, -0.25) is 9.59 Å². The van der Waals surface area contributed by atoms with Gasteiger partial charge in [-0.15, -0.1) is 0 Å². The van der Waals surface area contributed by atoms with Gasteiger partial charge < -0.3 is 39.0 Å². The molecule has 6 aromatic rings. The molecule has 57 heavy (non-hydrogen) atoms. The molecular formula is C42H50BaN6O8. The number of pyridine rings is 2. The number of carboxylic acids is 2. The van der Waals surface area contributed by atoms with Gasteiger partial charge in [0, 0.05) is 51.7 Å². The van der Waals surface area contributed by atoms with Gasteiger partial charge in [0.25, 0.3) is 0 Å². The molecule has 298 valence electrons. The van der Waals surface area contributed by atoms with Crippen molar-refractivity contribution in [2.24, 2.45) is 0 Å². The molecule has 0 aliphatic rings. The first-order chi connectivity index (χ1) is 26.4. The second kappa shape index (κ2) is 20.6. The zero-order chi connectivity index (χ0) is 41.4. The molecule has 4 aromatic heterocycles. The van der Waals surface area contributed by atoms with Crippen LogP contribution in [0.4, 0.5) is 0 Å². The van der Waals surface area contributed by atoms with Gasteiger partial charge in [0.1, 0.15) is 11.3 Å². The summed E-state index contributed by atoms with van der Waals surface area (Å²) in [5.74, 6) is -3.40. The molecular weight excluding hydrogens is 854 g/mol. The van der Waals surface area contributed by atoms with E-state index < -0.39 is 24.1 Å². The Balaban J connectivity index is 0.000000245. The average Bonchev–Trinajstić information content (AvgIpc) is 3.69. The van der Waals surface area contributed by atoms with Crippen LogP contribution in [0, 0.1) is 27.7 Å². The summed E-state index contributed by atoms with van der Waals surface area (Å²) in [5, 5.41) is 32.5. The fourth-order valence-electron chi connectivity index (χ4n) is 5.49. The molecule has 0 aliphatic heterocycles. The molecule has 0 saturated carbocycles. The zero-order valence-corrected chi connectivity index (χ0v) is 32.8. The third-order valence-electron chi connectivity index (χ3n) is 8.82. The van der Waals surface area contributed by atoms with Gasteiger partial charge in [-0.2, -0.15) is 0 Å². The second-order valence-corrected chi connectivity index (χ2v) is 13.9. The number of aliphatic hydroxyl groups is 2. The standard InChI is InChI=1S/2C19H21N3O.C4H6O6.Ba.2H/c2*1-13-5-8-15(9-6-13)19-16(11-18(23)21(3)4)22-12-14(2)7-10-17(22)20-19;5-1(3(7)8)2(6)4(9)10;;;/h2*5-10,12H,11H2,1-4H3;1-2,5-6H,(H,7,8)(H,9,10);;;. The summed E-state index contributed by atoms with van der Waals surface area (Å²) in [4.78, 5) is 56.8. The number of imidazole rings is 2. The number of rotatable bonds is 9. The maximum atomic E-state index is 12.3. The number of amides is 2. The van der Waals surface area contributed by atoms with Crippen LogP contribution >= 0.6 is 0 Å². The van der Waals surface area contributed by atoms with Crippen LogP contribution in [-0.2, 0) is 32.0 Å². The van der Waals surface area contributed by atoms with Crippen molar-refractivity contribution in [3.8, 4) is 22.5 Å². The van der Waals surface area contributed by atoms with Crippen LogP contribution in [0.3, 0.4) is 0 Å². The molecule has 0 radical (unpaired) electrons. The van der Waals surface area contributed by atoms with Crippen molar-refractivity contribution in [3.05, 3.63) is 119 Å². The quantitative estimate of drug-likeness (QED) is 0.157. The second-order valence-electron chi connectivity index (χ2n) is 13.9. The van der Waals surface area contributed by atoms with E-state index in [9.17, 15) is 19.2 Å². The summed E-state index contributed by atoms with van der Waals surface area (Å²) in [5.41, 5.74) is 12.2. The number of hydrogen-bond acceptors (Lipinski definition) is 8. The van der Waals surface area contributed by atoms with E-state index in [1.165, 1.54) is 11.1 Å². The third kappa shape index (κ3) is 12.1. The summed E-state index contributed by atoms with van der Waals surface area (Å²) in [7, 11) is 7.12. The van der Waals surface area contributed by atoms with Crippen LogP contribution in [0.2, 0.25) is 0 Å². The molecule has 2 aromatic carbocycles. The van der Waals surface area contributed by atoms with Crippen molar-refractivity contribution < 1.29 is 39.6 Å².